The molecule has 0 spiro atoms. The van der Waals surface area contributed by atoms with Crippen molar-refractivity contribution >= 4 is 33.5 Å². The van der Waals surface area contributed by atoms with Gasteiger partial charge in [0, 0.05) is 6.21 Å². The third kappa shape index (κ3) is 4.44. The molecular weight excluding hydrogens is 204 g/mol. The molecule has 12 heavy (non-hydrogen) atoms. The number of nitrogens with zero attached hydrogens (tertiary/aromatic N) is 1. The van der Waals surface area contributed by atoms with Gasteiger partial charge in [0.05, 0.1) is 5.25 Å². The smallest absolute Gasteiger partial charge is 0.239 e. The second-order valence-corrected chi connectivity index (χ2v) is 3.95. The summed E-state index contributed by atoms with van der Waals surface area (Å²) in [4.78, 5) is 3.16. The fraction of sp³-hybridized carbons (Fsp3) is 0.500. The lowest BCUT2D eigenvalue weighted by Crippen LogP contribution is -2.13. The minimum atomic E-state index is -2.46. The van der Waals surface area contributed by atoms with Gasteiger partial charge in [-0.2, -0.15) is 0 Å². The highest BCUT2D eigenvalue weighted by atomic mass is 32.2. The predicted octanol–water partition coefficient (Wildman–Crippen LogP) is -0.519. The first kappa shape index (κ1) is 11.6. The van der Waals surface area contributed by atoms with Crippen LogP contribution in [0, 0.1) is 5.41 Å². The molecule has 8 heteroatoms. The van der Waals surface area contributed by atoms with Crippen LogP contribution in [0.3, 0.4) is 0 Å². The van der Waals surface area contributed by atoms with Gasteiger partial charge in [-0.3, -0.25) is 14.2 Å². The van der Waals surface area contributed by atoms with E-state index in [1.165, 1.54) is 6.92 Å². The standard InChI is InChI=1S/C4H8N2O4S2/c1-3(11(7)8)2-6-4(5)12(9)10/h2-3,5H,1H3,(H,7,8)(H,9,10)/p-1. The fourth-order valence-electron chi connectivity index (χ4n) is 0.267. The van der Waals surface area contributed by atoms with Gasteiger partial charge < -0.3 is 4.55 Å². The molecule has 6 nitrogen and oxygen atoms in total. The summed E-state index contributed by atoms with van der Waals surface area (Å²) in [5.74, 6) is 0. The molecule has 0 radical (unpaired) electrons. The van der Waals surface area contributed by atoms with Crippen molar-refractivity contribution < 1.29 is 17.5 Å². The normalized spacial score (nSPS) is 18.9. The SMILES string of the molecule is CC(C=NC(=N)S(=O)O)S(=O)[O-]. The van der Waals surface area contributed by atoms with Crippen molar-refractivity contribution in [2.75, 3.05) is 0 Å². The Bertz CT molecular complexity index is 251. The molecule has 0 aliphatic rings. The Balaban J connectivity index is 4.16. The quantitative estimate of drug-likeness (QED) is 0.363. The fourth-order valence-corrected chi connectivity index (χ4v) is 0.579. The van der Waals surface area contributed by atoms with Crippen molar-refractivity contribution in [3.8, 4) is 0 Å². The summed E-state index contributed by atoms with van der Waals surface area (Å²) in [5.41, 5.74) is 0. The van der Waals surface area contributed by atoms with Gasteiger partial charge in [0.1, 0.15) is 0 Å². The van der Waals surface area contributed by atoms with Gasteiger partial charge in [-0.25, -0.2) is 9.20 Å². The van der Waals surface area contributed by atoms with Crippen molar-refractivity contribution in [3.63, 3.8) is 0 Å². The van der Waals surface area contributed by atoms with Crippen LogP contribution in [-0.2, 0) is 22.2 Å². The molecule has 0 amide bonds. The number of hydrogen-bond donors (Lipinski definition) is 2. The zero-order chi connectivity index (χ0) is 9.72. The van der Waals surface area contributed by atoms with Gasteiger partial charge in [0.2, 0.25) is 16.2 Å². The first-order chi connectivity index (χ1) is 5.45. The maximum absolute atomic E-state index is 10.2. The largest absolute Gasteiger partial charge is 0.772 e. The number of aliphatic imine (C=N–C) groups is 1. The van der Waals surface area contributed by atoms with Crippen LogP contribution in [0.15, 0.2) is 4.99 Å². The molecule has 0 aliphatic heterocycles. The molecule has 0 aromatic carbocycles. The van der Waals surface area contributed by atoms with E-state index in [0.717, 1.165) is 6.21 Å². The highest BCUT2D eigenvalue weighted by molar-refractivity contribution is 7.95. The molecule has 0 bridgehead atoms. The van der Waals surface area contributed by atoms with Crippen molar-refractivity contribution in [3.05, 3.63) is 0 Å². The summed E-state index contributed by atoms with van der Waals surface area (Å²) < 4.78 is 38.7. The molecule has 0 aliphatic carbocycles. The van der Waals surface area contributed by atoms with Crippen LogP contribution in [0.5, 0.6) is 0 Å². The summed E-state index contributed by atoms with van der Waals surface area (Å²) in [7, 11) is 0. The van der Waals surface area contributed by atoms with Gasteiger partial charge in [0.25, 0.3) is 0 Å². The van der Waals surface area contributed by atoms with E-state index in [1.54, 1.807) is 0 Å². The average molecular weight is 211 g/mol. The Morgan fingerprint density at radius 2 is 2.25 bits per heavy atom. The van der Waals surface area contributed by atoms with Crippen molar-refractivity contribution in [1.82, 2.24) is 0 Å². The summed E-state index contributed by atoms with van der Waals surface area (Å²) in [6.07, 6.45) is 0.916. The van der Waals surface area contributed by atoms with Gasteiger partial charge in [-0.15, -0.1) is 0 Å². The molecule has 0 aromatic heterocycles. The van der Waals surface area contributed by atoms with Crippen LogP contribution >= 0.6 is 0 Å². The zero-order valence-electron chi connectivity index (χ0n) is 6.09. The summed E-state index contributed by atoms with van der Waals surface area (Å²) >= 11 is -4.77. The molecule has 0 rings (SSSR count). The minimum Gasteiger partial charge on any atom is -0.772 e. The van der Waals surface area contributed by atoms with E-state index in [0.29, 0.717) is 0 Å². The molecule has 0 saturated heterocycles. The number of hydrogen-bond acceptors (Lipinski definition) is 4. The van der Waals surface area contributed by atoms with Crippen LogP contribution in [0.2, 0.25) is 0 Å². The summed E-state index contributed by atoms with van der Waals surface area (Å²) in [5, 5.41) is 5.09. The minimum absolute atomic E-state index is 0.771. The Labute approximate surface area is 74.2 Å². The van der Waals surface area contributed by atoms with Crippen LogP contribution in [-0.4, -0.2) is 34.2 Å². The summed E-state index contributed by atoms with van der Waals surface area (Å²) in [6.45, 7) is 1.33. The average Bonchev–Trinajstić information content (AvgIpc) is 1.98. The third-order valence-electron chi connectivity index (χ3n) is 0.871. The van der Waals surface area contributed by atoms with E-state index in [4.69, 9.17) is 9.96 Å². The number of amidine groups is 1. The second-order valence-electron chi connectivity index (χ2n) is 1.80. The maximum Gasteiger partial charge on any atom is 0.239 e. The van der Waals surface area contributed by atoms with E-state index in [9.17, 15) is 13.0 Å². The Hall–Kier alpha value is -0.440. The Kier molecular flexibility index (Phi) is 5.06. The molecule has 0 fully saturated rings. The summed E-state index contributed by atoms with van der Waals surface area (Å²) in [6, 6.07) is 0. The molecule has 70 valence electrons. The lowest BCUT2D eigenvalue weighted by molar-refractivity contribution is 0.534. The number of nitrogens with one attached hydrogen (secondary N) is 1. The van der Waals surface area contributed by atoms with Crippen molar-refractivity contribution in [1.29, 1.82) is 5.41 Å². The second kappa shape index (κ2) is 5.25. The highest BCUT2D eigenvalue weighted by Gasteiger charge is 2.01. The topological polar surface area (TPSA) is 114 Å². The van der Waals surface area contributed by atoms with Gasteiger partial charge in [-0.05, 0) is 18.0 Å². The van der Waals surface area contributed by atoms with Gasteiger partial charge in [0.15, 0.2) is 0 Å². The lowest BCUT2D eigenvalue weighted by Gasteiger charge is -2.07. The first-order valence-corrected chi connectivity index (χ1v) is 5.01. The first-order valence-electron chi connectivity index (χ1n) is 2.76. The lowest BCUT2D eigenvalue weighted by atomic mass is 10.5. The molecule has 0 saturated carbocycles. The van der Waals surface area contributed by atoms with Crippen molar-refractivity contribution in [2.24, 2.45) is 4.99 Å². The molecule has 3 atom stereocenters. The van der Waals surface area contributed by atoms with Gasteiger partial charge in [-0.1, -0.05) is 0 Å². The van der Waals surface area contributed by atoms with Crippen molar-refractivity contribution in [2.45, 2.75) is 12.2 Å². The highest BCUT2D eigenvalue weighted by Crippen LogP contribution is 1.89. The molecular formula is C4H7N2O4S2-. The third-order valence-corrected chi connectivity index (χ3v) is 2.04. The predicted molar refractivity (Wildman–Crippen MR) is 45.4 cm³/mol. The van der Waals surface area contributed by atoms with Crippen LogP contribution in [0.4, 0.5) is 0 Å². The van der Waals surface area contributed by atoms with E-state index >= 15 is 0 Å². The number of rotatable bonds is 2. The molecule has 3 unspecified atom stereocenters. The molecule has 0 aromatic rings. The molecule has 2 N–H and O–H groups in total. The van der Waals surface area contributed by atoms with Gasteiger partial charge >= 0.3 is 0 Å². The van der Waals surface area contributed by atoms with E-state index in [-0.39, 0.29) is 0 Å². The zero-order valence-corrected chi connectivity index (χ0v) is 7.72. The molecule has 0 heterocycles. The van der Waals surface area contributed by atoms with E-state index in [1.807, 2.05) is 0 Å². The van der Waals surface area contributed by atoms with Crippen LogP contribution < -0.4 is 0 Å². The Morgan fingerprint density at radius 3 is 2.58 bits per heavy atom. The van der Waals surface area contributed by atoms with E-state index in [2.05, 4.69) is 4.99 Å². The van der Waals surface area contributed by atoms with Crippen LogP contribution in [0.25, 0.3) is 0 Å². The Morgan fingerprint density at radius 1 is 1.75 bits per heavy atom. The maximum atomic E-state index is 10.2. The van der Waals surface area contributed by atoms with E-state index < -0.39 is 32.6 Å². The monoisotopic (exact) mass is 211 g/mol. The van der Waals surface area contributed by atoms with Crippen LogP contribution in [0.1, 0.15) is 6.92 Å².